The first-order valence-electron chi connectivity index (χ1n) is 8.82. The van der Waals surface area contributed by atoms with Crippen molar-refractivity contribution in [3.63, 3.8) is 0 Å². The molecule has 0 radical (unpaired) electrons. The van der Waals surface area contributed by atoms with Crippen LogP contribution < -0.4 is 9.80 Å². The summed E-state index contributed by atoms with van der Waals surface area (Å²) in [6.07, 6.45) is 1.03. The first-order chi connectivity index (χ1) is 11.5. The van der Waals surface area contributed by atoms with Crippen molar-refractivity contribution in [3.8, 4) is 0 Å². The number of para-hydroxylation sites is 2. The minimum Gasteiger partial charge on any atom is -0.310 e. The van der Waals surface area contributed by atoms with Crippen LogP contribution in [0.1, 0.15) is 31.9 Å². The standard InChI is InChI=1S/C21H25N3/c1-21(2,3)17-10-8-16(9-11-17)12-14-23-18-6-4-5-7-19(18)24-15-13-22-20(23)24/h4-11H,12-15H2,1-3H3. The molecule has 0 unspecified atom stereocenters. The van der Waals surface area contributed by atoms with E-state index < -0.39 is 0 Å². The first kappa shape index (κ1) is 15.3. The maximum absolute atomic E-state index is 4.72. The van der Waals surface area contributed by atoms with Crippen LogP contribution in [0.3, 0.4) is 0 Å². The summed E-state index contributed by atoms with van der Waals surface area (Å²) in [5.41, 5.74) is 5.59. The van der Waals surface area contributed by atoms with Gasteiger partial charge in [-0.2, -0.15) is 0 Å². The van der Waals surface area contributed by atoms with E-state index in [2.05, 4.69) is 79.1 Å². The van der Waals surface area contributed by atoms with Gasteiger partial charge in [-0.15, -0.1) is 0 Å². The number of benzene rings is 2. The van der Waals surface area contributed by atoms with E-state index in [0.29, 0.717) is 0 Å². The molecule has 0 bridgehead atoms. The van der Waals surface area contributed by atoms with Crippen LogP contribution in [0.2, 0.25) is 0 Å². The molecular formula is C21H25N3. The Labute approximate surface area is 144 Å². The highest BCUT2D eigenvalue weighted by molar-refractivity contribution is 6.17. The van der Waals surface area contributed by atoms with E-state index in [4.69, 9.17) is 4.99 Å². The fraction of sp³-hybridized carbons (Fsp3) is 0.381. The van der Waals surface area contributed by atoms with Crippen molar-refractivity contribution >= 4 is 17.3 Å². The van der Waals surface area contributed by atoms with Gasteiger partial charge in [0.25, 0.3) is 0 Å². The zero-order valence-corrected chi connectivity index (χ0v) is 14.8. The zero-order valence-electron chi connectivity index (χ0n) is 14.8. The Morgan fingerprint density at radius 2 is 1.67 bits per heavy atom. The molecule has 3 nitrogen and oxygen atoms in total. The molecule has 0 atom stereocenters. The number of hydrogen-bond donors (Lipinski definition) is 0. The first-order valence-corrected chi connectivity index (χ1v) is 8.82. The largest absolute Gasteiger partial charge is 0.310 e. The Kier molecular flexibility index (Phi) is 3.60. The predicted octanol–water partition coefficient (Wildman–Crippen LogP) is 4.22. The van der Waals surface area contributed by atoms with E-state index in [1.165, 1.54) is 22.5 Å². The number of guanidine groups is 1. The average Bonchev–Trinajstić information content (AvgIpc) is 3.14. The smallest absolute Gasteiger partial charge is 0.206 e. The Morgan fingerprint density at radius 1 is 0.958 bits per heavy atom. The van der Waals surface area contributed by atoms with Gasteiger partial charge in [-0.3, -0.25) is 4.99 Å². The normalized spacial score (nSPS) is 16.2. The second-order valence-electron chi connectivity index (χ2n) is 7.67. The van der Waals surface area contributed by atoms with Crippen LogP contribution in [-0.4, -0.2) is 25.6 Å². The third-order valence-corrected chi connectivity index (χ3v) is 4.97. The number of rotatable bonds is 3. The van der Waals surface area contributed by atoms with Gasteiger partial charge in [0.1, 0.15) is 0 Å². The summed E-state index contributed by atoms with van der Waals surface area (Å²) < 4.78 is 0. The molecule has 24 heavy (non-hydrogen) atoms. The fourth-order valence-corrected chi connectivity index (χ4v) is 3.56. The van der Waals surface area contributed by atoms with Crippen LogP contribution in [0, 0.1) is 0 Å². The Hall–Kier alpha value is -2.29. The van der Waals surface area contributed by atoms with Crippen LogP contribution in [0.15, 0.2) is 53.5 Å². The lowest BCUT2D eigenvalue weighted by Gasteiger charge is -2.21. The van der Waals surface area contributed by atoms with E-state index in [1.807, 2.05) is 0 Å². The topological polar surface area (TPSA) is 18.8 Å². The maximum atomic E-state index is 4.72. The molecule has 0 fully saturated rings. The minimum absolute atomic E-state index is 0.214. The highest BCUT2D eigenvalue weighted by Crippen LogP contribution is 2.38. The highest BCUT2D eigenvalue weighted by atomic mass is 15.5. The molecule has 2 aliphatic rings. The summed E-state index contributed by atoms with van der Waals surface area (Å²) in [6.45, 7) is 9.66. The van der Waals surface area contributed by atoms with E-state index in [9.17, 15) is 0 Å². The third kappa shape index (κ3) is 2.58. The molecule has 124 valence electrons. The molecule has 2 aromatic carbocycles. The molecule has 2 aromatic rings. The molecule has 0 spiro atoms. The van der Waals surface area contributed by atoms with Crippen molar-refractivity contribution in [2.75, 3.05) is 29.4 Å². The molecule has 0 amide bonds. The van der Waals surface area contributed by atoms with Crippen LogP contribution in [0.25, 0.3) is 0 Å². The van der Waals surface area contributed by atoms with Crippen molar-refractivity contribution in [3.05, 3.63) is 59.7 Å². The second kappa shape index (κ2) is 5.66. The molecule has 0 N–H and O–H groups in total. The van der Waals surface area contributed by atoms with E-state index in [0.717, 1.165) is 32.0 Å². The number of aliphatic imine (C=N–C) groups is 1. The van der Waals surface area contributed by atoms with Crippen LogP contribution in [0.4, 0.5) is 11.4 Å². The number of nitrogens with zero attached hydrogens (tertiary/aromatic N) is 3. The summed E-state index contributed by atoms with van der Waals surface area (Å²) in [5.74, 6) is 1.13. The van der Waals surface area contributed by atoms with Crippen molar-refractivity contribution in [1.29, 1.82) is 0 Å². The van der Waals surface area contributed by atoms with Crippen LogP contribution in [0.5, 0.6) is 0 Å². The van der Waals surface area contributed by atoms with E-state index in [-0.39, 0.29) is 5.41 Å². The van der Waals surface area contributed by atoms with E-state index in [1.54, 1.807) is 0 Å². The van der Waals surface area contributed by atoms with Gasteiger partial charge in [-0.05, 0) is 35.1 Å². The Bertz CT molecular complexity index is 768. The van der Waals surface area contributed by atoms with Gasteiger partial charge in [0.05, 0.1) is 17.9 Å². The van der Waals surface area contributed by atoms with Gasteiger partial charge in [0.15, 0.2) is 0 Å². The monoisotopic (exact) mass is 319 g/mol. The molecule has 4 rings (SSSR count). The summed E-state index contributed by atoms with van der Waals surface area (Å²) in [5, 5.41) is 0. The van der Waals surface area contributed by atoms with Crippen LogP contribution in [-0.2, 0) is 11.8 Å². The van der Waals surface area contributed by atoms with Crippen molar-refractivity contribution < 1.29 is 0 Å². The fourth-order valence-electron chi connectivity index (χ4n) is 3.56. The van der Waals surface area contributed by atoms with Gasteiger partial charge in [-0.25, -0.2) is 0 Å². The van der Waals surface area contributed by atoms with Crippen molar-refractivity contribution in [1.82, 2.24) is 0 Å². The molecule has 0 saturated heterocycles. The predicted molar refractivity (Wildman–Crippen MR) is 102 cm³/mol. The quantitative estimate of drug-likeness (QED) is 0.843. The molecule has 0 saturated carbocycles. The summed E-state index contributed by atoms with van der Waals surface area (Å²) in [6, 6.07) is 17.7. The zero-order chi connectivity index (χ0) is 16.7. The van der Waals surface area contributed by atoms with Gasteiger partial charge in [-0.1, -0.05) is 57.2 Å². The molecule has 3 heteroatoms. The second-order valence-corrected chi connectivity index (χ2v) is 7.67. The molecular weight excluding hydrogens is 294 g/mol. The van der Waals surface area contributed by atoms with Gasteiger partial charge in [0.2, 0.25) is 5.96 Å². The number of fused-ring (bicyclic) bond motifs is 3. The summed E-state index contributed by atoms with van der Waals surface area (Å²) >= 11 is 0. The lowest BCUT2D eigenvalue weighted by molar-refractivity contribution is 0.590. The molecule has 0 aromatic heterocycles. The SMILES string of the molecule is CC(C)(C)c1ccc(CCN2C3=NCCN3c3ccccc32)cc1. The lowest BCUT2D eigenvalue weighted by atomic mass is 9.86. The summed E-state index contributed by atoms with van der Waals surface area (Å²) in [7, 11) is 0. The molecule has 2 heterocycles. The van der Waals surface area contributed by atoms with Gasteiger partial charge in [0, 0.05) is 13.1 Å². The Morgan fingerprint density at radius 3 is 2.38 bits per heavy atom. The summed E-state index contributed by atoms with van der Waals surface area (Å²) in [4.78, 5) is 9.44. The number of anilines is 2. The van der Waals surface area contributed by atoms with E-state index >= 15 is 0 Å². The lowest BCUT2D eigenvalue weighted by Crippen LogP contribution is -2.36. The average molecular weight is 319 g/mol. The van der Waals surface area contributed by atoms with Crippen molar-refractivity contribution in [2.24, 2.45) is 4.99 Å². The number of hydrogen-bond acceptors (Lipinski definition) is 3. The van der Waals surface area contributed by atoms with Crippen LogP contribution >= 0.6 is 0 Å². The van der Waals surface area contributed by atoms with Gasteiger partial charge >= 0.3 is 0 Å². The van der Waals surface area contributed by atoms with Crippen molar-refractivity contribution in [2.45, 2.75) is 32.6 Å². The Balaban J connectivity index is 1.52. The molecule has 2 aliphatic heterocycles. The third-order valence-electron chi connectivity index (χ3n) is 4.97. The highest BCUT2D eigenvalue weighted by Gasteiger charge is 2.34. The minimum atomic E-state index is 0.214. The van der Waals surface area contributed by atoms with Gasteiger partial charge < -0.3 is 9.80 Å². The molecule has 0 aliphatic carbocycles. The maximum Gasteiger partial charge on any atom is 0.206 e.